The lowest BCUT2D eigenvalue weighted by molar-refractivity contribution is 0.153. The molecule has 0 spiro atoms. The van der Waals surface area contributed by atoms with E-state index in [0.29, 0.717) is 0 Å². The van der Waals surface area contributed by atoms with E-state index in [9.17, 15) is 4.39 Å². The van der Waals surface area contributed by atoms with Gasteiger partial charge in [0.15, 0.2) is 0 Å². The molecule has 2 aliphatic heterocycles. The van der Waals surface area contributed by atoms with Crippen LogP contribution in [0.2, 0.25) is 0 Å². The maximum atomic E-state index is 13.1. The number of likely N-dealkylation sites (tertiary alicyclic amines) is 1. The summed E-state index contributed by atoms with van der Waals surface area (Å²) >= 11 is 0. The molecule has 2 aromatic rings. The van der Waals surface area contributed by atoms with Gasteiger partial charge in [0.25, 0.3) is 0 Å². The number of rotatable bonds is 5. The molecule has 0 amide bonds. The summed E-state index contributed by atoms with van der Waals surface area (Å²) < 4.78 is 13.1. The molecule has 2 nitrogen and oxygen atoms in total. The zero-order chi connectivity index (χ0) is 18.5. The molecule has 1 unspecified atom stereocenters. The molecule has 4 rings (SSSR count). The smallest absolute Gasteiger partial charge is 0.123 e. The van der Waals surface area contributed by atoms with Crippen LogP contribution in [0.25, 0.3) is 0 Å². The maximum Gasteiger partial charge on any atom is 0.123 e. The number of hydrogen-bond donors (Lipinski definition) is 0. The van der Waals surface area contributed by atoms with Crippen LogP contribution in [0, 0.1) is 17.7 Å². The molecule has 3 heteroatoms. The lowest BCUT2D eigenvalue weighted by atomic mass is 9.89. The Morgan fingerprint density at radius 3 is 2.30 bits per heavy atom. The zero-order valence-electron chi connectivity index (χ0n) is 16.2. The summed E-state index contributed by atoms with van der Waals surface area (Å²) in [6, 6.07) is 17.9. The number of anilines is 1. The third-order valence-corrected chi connectivity index (χ3v) is 6.30. The van der Waals surface area contributed by atoms with Crippen molar-refractivity contribution in [2.45, 2.75) is 32.1 Å². The van der Waals surface area contributed by atoms with Crippen LogP contribution in [0.1, 0.15) is 31.2 Å². The molecule has 2 aromatic carbocycles. The average Bonchev–Trinajstić information content (AvgIpc) is 2.72. The van der Waals surface area contributed by atoms with Gasteiger partial charge in [-0.25, -0.2) is 4.39 Å². The van der Waals surface area contributed by atoms with Gasteiger partial charge >= 0.3 is 0 Å². The molecule has 0 saturated carbocycles. The second-order valence-corrected chi connectivity index (χ2v) is 8.36. The molecule has 0 aliphatic carbocycles. The molecule has 2 aliphatic rings. The van der Waals surface area contributed by atoms with Crippen LogP contribution in [0.5, 0.6) is 0 Å². The van der Waals surface area contributed by atoms with Gasteiger partial charge in [-0.1, -0.05) is 30.3 Å². The molecule has 0 radical (unpaired) electrons. The minimum Gasteiger partial charge on any atom is -0.371 e. The van der Waals surface area contributed by atoms with Crippen LogP contribution in [0.4, 0.5) is 10.1 Å². The van der Waals surface area contributed by atoms with E-state index in [1.54, 1.807) is 12.1 Å². The van der Waals surface area contributed by atoms with E-state index in [0.717, 1.165) is 18.3 Å². The molecule has 0 N–H and O–H groups in total. The highest BCUT2D eigenvalue weighted by Gasteiger charge is 2.25. The zero-order valence-corrected chi connectivity index (χ0v) is 16.2. The molecule has 2 heterocycles. The molecular weight excluding hydrogens is 335 g/mol. The summed E-state index contributed by atoms with van der Waals surface area (Å²) in [6.07, 6.45) is 6.30. The van der Waals surface area contributed by atoms with Gasteiger partial charge in [0.1, 0.15) is 5.82 Å². The minimum absolute atomic E-state index is 0.134. The highest BCUT2D eigenvalue weighted by Crippen LogP contribution is 2.26. The van der Waals surface area contributed by atoms with Crippen molar-refractivity contribution in [2.24, 2.45) is 11.8 Å². The number of benzene rings is 2. The van der Waals surface area contributed by atoms with Crippen LogP contribution in [-0.4, -0.2) is 37.6 Å². The molecule has 27 heavy (non-hydrogen) atoms. The van der Waals surface area contributed by atoms with E-state index >= 15 is 0 Å². The normalized spacial score (nSPS) is 22.1. The summed E-state index contributed by atoms with van der Waals surface area (Å²) in [5, 5.41) is 0. The molecule has 0 bridgehead atoms. The monoisotopic (exact) mass is 366 g/mol. The van der Waals surface area contributed by atoms with Crippen LogP contribution >= 0.6 is 0 Å². The number of halogens is 1. The predicted octanol–water partition coefficient (Wildman–Crippen LogP) is 5.00. The van der Waals surface area contributed by atoms with Crippen molar-refractivity contribution in [1.82, 2.24) is 4.90 Å². The van der Waals surface area contributed by atoms with Crippen molar-refractivity contribution < 1.29 is 4.39 Å². The van der Waals surface area contributed by atoms with Crippen molar-refractivity contribution in [3.05, 3.63) is 66.0 Å². The van der Waals surface area contributed by atoms with Crippen LogP contribution in [0.15, 0.2) is 54.6 Å². The van der Waals surface area contributed by atoms with Crippen molar-refractivity contribution in [3.63, 3.8) is 0 Å². The van der Waals surface area contributed by atoms with Gasteiger partial charge in [0.05, 0.1) is 0 Å². The average molecular weight is 367 g/mol. The number of piperidine rings is 2. The van der Waals surface area contributed by atoms with Crippen molar-refractivity contribution >= 4 is 5.69 Å². The number of hydrogen-bond acceptors (Lipinski definition) is 2. The Bertz CT molecular complexity index is 692. The standard InChI is InChI=1S/C24H31FN2/c25-23-10-8-20(9-11-23)17-21-12-15-26(16-13-21)18-22-5-4-14-27(19-22)24-6-2-1-3-7-24/h1-3,6-11,21-22H,4-5,12-19H2. The molecule has 1 atom stereocenters. The predicted molar refractivity (Wildman–Crippen MR) is 111 cm³/mol. The van der Waals surface area contributed by atoms with E-state index in [1.165, 1.54) is 69.7 Å². The molecule has 2 saturated heterocycles. The quantitative estimate of drug-likeness (QED) is 0.735. The number of para-hydroxylation sites is 1. The van der Waals surface area contributed by atoms with E-state index in [1.807, 2.05) is 12.1 Å². The lowest BCUT2D eigenvalue weighted by Crippen LogP contribution is -2.43. The van der Waals surface area contributed by atoms with Crippen molar-refractivity contribution in [3.8, 4) is 0 Å². The topological polar surface area (TPSA) is 6.48 Å². The van der Waals surface area contributed by atoms with E-state index in [4.69, 9.17) is 0 Å². The fourth-order valence-electron chi connectivity index (χ4n) is 4.78. The van der Waals surface area contributed by atoms with Gasteiger partial charge in [-0.15, -0.1) is 0 Å². The fourth-order valence-corrected chi connectivity index (χ4v) is 4.78. The molecule has 144 valence electrons. The van der Waals surface area contributed by atoms with Gasteiger partial charge in [0, 0.05) is 25.3 Å². The van der Waals surface area contributed by atoms with Crippen LogP contribution in [-0.2, 0) is 6.42 Å². The van der Waals surface area contributed by atoms with Gasteiger partial charge in [0.2, 0.25) is 0 Å². The van der Waals surface area contributed by atoms with E-state index < -0.39 is 0 Å². The number of nitrogens with zero attached hydrogens (tertiary/aromatic N) is 2. The van der Waals surface area contributed by atoms with Gasteiger partial charge in [-0.3, -0.25) is 0 Å². The first-order valence-electron chi connectivity index (χ1n) is 10.5. The first-order chi connectivity index (χ1) is 13.3. The maximum absolute atomic E-state index is 13.1. The van der Waals surface area contributed by atoms with Crippen LogP contribution < -0.4 is 4.90 Å². The van der Waals surface area contributed by atoms with Crippen LogP contribution in [0.3, 0.4) is 0 Å². The largest absolute Gasteiger partial charge is 0.371 e. The van der Waals surface area contributed by atoms with Crippen molar-refractivity contribution in [1.29, 1.82) is 0 Å². The SMILES string of the molecule is Fc1ccc(CC2CCN(CC3CCCN(c4ccccc4)C3)CC2)cc1. The third kappa shape index (κ3) is 5.10. The van der Waals surface area contributed by atoms with E-state index in [-0.39, 0.29) is 5.82 Å². The van der Waals surface area contributed by atoms with Crippen molar-refractivity contribution in [2.75, 3.05) is 37.6 Å². The highest BCUT2D eigenvalue weighted by atomic mass is 19.1. The second kappa shape index (κ2) is 8.88. The molecular formula is C24H31FN2. The first kappa shape index (κ1) is 18.5. The first-order valence-corrected chi connectivity index (χ1v) is 10.5. The fraction of sp³-hybridized carbons (Fsp3) is 0.500. The Balaban J connectivity index is 1.23. The Morgan fingerprint density at radius 1 is 0.815 bits per heavy atom. The Morgan fingerprint density at radius 2 is 1.56 bits per heavy atom. The highest BCUT2D eigenvalue weighted by molar-refractivity contribution is 5.46. The second-order valence-electron chi connectivity index (χ2n) is 8.36. The summed E-state index contributed by atoms with van der Waals surface area (Å²) in [6.45, 7) is 6.06. The summed E-state index contributed by atoms with van der Waals surface area (Å²) in [4.78, 5) is 5.25. The Labute approximate surface area is 163 Å². The van der Waals surface area contributed by atoms with Gasteiger partial charge in [-0.05, 0) is 86.9 Å². The minimum atomic E-state index is -0.134. The lowest BCUT2D eigenvalue weighted by Gasteiger charge is -2.39. The summed E-state index contributed by atoms with van der Waals surface area (Å²) in [7, 11) is 0. The third-order valence-electron chi connectivity index (χ3n) is 6.30. The Hall–Kier alpha value is -1.87. The molecule has 0 aromatic heterocycles. The summed E-state index contributed by atoms with van der Waals surface area (Å²) in [5.41, 5.74) is 2.65. The summed E-state index contributed by atoms with van der Waals surface area (Å²) in [5.74, 6) is 1.40. The van der Waals surface area contributed by atoms with E-state index in [2.05, 4.69) is 40.1 Å². The van der Waals surface area contributed by atoms with Gasteiger partial charge in [-0.2, -0.15) is 0 Å². The van der Waals surface area contributed by atoms with Gasteiger partial charge < -0.3 is 9.80 Å². The molecule has 2 fully saturated rings. The Kier molecular flexibility index (Phi) is 6.08.